The summed E-state index contributed by atoms with van der Waals surface area (Å²) < 4.78 is 21.2. The first-order valence-corrected chi connectivity index (χ1v) is 7.98. The van der Waals surface area contributed by atoms with Crippen LogP contribution in [0.4, 0.5) is 4.39 Å². The number of imidazole rings is 1. The minimum Gasteiger partial charge on any atom is -0.462 e. The normalized spacial score (nSPS) is 14.5. The molecule has 1 saturated carbocycles. The van der Waals surface area contributed by atoms with E-state index in [1.165, 1.54) is 12.5 Å². The van der Waals surface area contributed by atoms with Gasteiger partial charge in [-0.05, 0) is 19.8 Å². The van der Waals surface area contributed by atoms with Gasteiger partial charge in [-0.3, -0.25) is 4.79 Å². The minimum absolute atomic E-state index is 0.0204. The molecule has 0 saturated heterocycles. The molecule has 24 heavy (non-hydrogen) atoms. The molecule has 2 heterocycles. The molecule has 0 aliphatic heterocycles. The Morgan fingerprint density at radius 1 is 1.54 bits per heavy atom. The predicted octanol–water partition coefficient (Wildman–Crippen LogP) is 3.18. The van der Waals surface area contributed by atoms with Gasteiger partial charge in [0.15, 0.2) is 5.82 Å². The van der Waals surface area contributed by atoms with Crippen molar-refractivity contribution in [1.29, 1.82) is 0 Å². The molecule has 0 unspecified atom stereocenters. The quantitative estimate of drug-likeness (QED) is 0.737. The van der Waals surface area contributed by atoms with E-state index in [4.69, 9.17) is 16.3 Å². The molecule has 0 bridgehead atoms. The number of nitrogens with one attached hydrogen (secondary N) is 1. The van der Waals surface area contributed by atoms with Crippen molar-refractivity contribution in [2.75, 3.05) is 6.61 Å². The molecule has 1 aliphatic rings. The number of rotatable bonds is 3. The van der Waals surface area contributed by atoms with Crippen molar-refractivity contribution in [3.05, 3.63) is 39.2 Å². The average molecular weight is 350 g/mol. The van der Waals surface area contributed by atoms with Crippen molar-refractivity contribution in [3.63, 3.8) is 0 Å². The lowest BCUT2D eigenvalue weighted by Crippen LogP contribution is -2.21. The van der Waals surface area contributed by atoms with Gasteiger partial charge in [0, 0.05) is 12.2 Å². The minimum atomic E-state index is -0.702. The summed E-state index contributed by atoms with van der Waals surface area (Å²) >= 11 is 6.20. The number of pyridine rings is 1. The molecule has 1 N–H and O–H groups in total. The number of carbonyl (C=O) groups excluding carboxylic acids is 1. The number of carbonyl (C=O) groups is 1. The first kappa shape index (κ1) is 15.1. The molecule has 2 aromatic heterocycles. The Morgan fingerprint density at radius 3 is 2.96 bits per heavy atom. The molecule has 0 atom stereocenters. The zero-order valence-electron chi connectivity index (χ0n) is 12.7. The van der Waals surface area contributed by atoms with E-state index >= 15 is 0 Å². The molecule has 0 amide bonds. The molecule has 4 rings (SSSR count). The van der Waals surface area contributed by atoms with Gasteiger partial charge in [-0.1, -0.05) is 11.6 Å². The Labute approximate surface area is 140 Å². The molecular weight excluding hydrogens is 337 g/mol. The third kappa shape index (κ3) is 2.04. The number of aromatic nitrogens is 3. The first-order chi connectivity index (χ1) is 11.5. The Balaban J connectivity index is 2.20. The van der Waals surface area contributed by atoms with E-state index < -0.39 is 17.2 Å². The zero-order valence-corrected chi connectivity index (χ0v) is 13.5. The number of benzene rings is 1. The summed E-state index contributed by atoms with van der Waals surface area (Å²) in [5.74, 6) is -1.38. The van der Waals surface area contributed by atoms with Gasteiger partial charge in [0.05, 0.1) is 29.4 Å². The predicted molar refractivity (Wildman–Crippen MR) is 87.1 cm³/mol. The molecule has 1 fully saturated rings. The molecule has 6 nitrogen and oxygen atoms in total. The topological polar surface area (TPSA) is 77.0 Å². The molecule has 1 aliphatic carbocycles. The molecule has 0 spiro atoms. The van der Waals surface area contributed by atoms with Crippen LogP contribution in [0.2, 0.25) is 5.02 Å². The molecule has 124 valence electrons. The highest BCUT2D eigenvalue weighted by atomic mass is 35.5. The standard InChI is InChI=1S/C16H13ClFN3O3/c1-2-24-16(23)8-5-21(7-3-4-7)14-9(15(8)22)12-13(20-6-19-12)11(18)10(14)17/h5-7H,2-4H2,1H3,(H,19,20). The van der Waals surface area contributed by atoms with Crippen LogP contribution in [-0.4, -0.2) is 27.1 Å². The SMILES string of the molecule is CCOC(=O)c1cn(C2CC2)c2c(Cl)c(F)c3nc[nH]c3c2c1=O. The largest absolute Gasteiger partial charge is 0.462 e. The van der Waals surface area contributed by atoms with Gasteiger partial charge in [-0.2, -0.15) is 0 Å². The van der Waals surface area contributed by atoms with Crippen molar-refractivity contribution >= 4 is 39.5 Å². The van der Waals surface area contributed by atoms with Gasteiger partial charge in [0.1, 0.15) is 16.1 Å². The van der Waals surface area contributed by atoms with Gasteiger partial charge in [-0.25, -0.2) is 14.2 Å². The van der Waals surface area contributed by atoms with Crippen molar-refractivity contribution in [1.82, 2.24) is 14.5 Å². The van der Waals surface area contributed by atoms with E-state index in [0.717, 1.165) is 12.8 Å². The number of esters is 1. The second-order valence-corrected chi connectivity index (χ2v) is 6.09. The van der Waals surface area contributed by atoms with Crippen molar-refractivity contribution < 1.29 is 13.9 Å². The van der Waals surface area contributed by atoms with Crippen LogP contribution in [0.5, 0.6) is 0 Å². The van der Waals surface area contributed by atoms with Crippen molar-refractivity contribution in [3.8, 4) is 0 Å². The number of H-pyrrole nitrogens is 1. The number of fused-ring (bicyclic) bond motifs is 3. The molecule has 0 radical (unpaired) electrons. The number of halogens is 2. The first-order valence-electron chi connectivity index (χ1n) is 7.60. The number of hydrogen-bond donors (Lipinski definition) is 1. The van der Waals surface area contributed by atoms with Crippen LogP contribution >= 0.6 is 11.6 Å². The highest BCUT2D eigenvalue weighted by Gasteiger charge is 2.30. The molecule has 1 aromatic carbocycles. The van der Waals surface area contributed by atoms with Crippen LogP contribution < -0.4 is 5.43 Å². The lowest BCUT2D eigenvalue weighted by molar-refractivity contribution is 0.0524. The monoisotopic (exact) mass is 349 g/mol. The average Bonchev–Trinajstić information content (AvgIpc) is 3.29. The van der Waals surface area contributed by atoms with Crippen molar-refractivity contribution in [2.45, 2.75) is 25.8 Å². The highest BCUT2D eigenvalue weighted by Crippen LogP contribution is 2.40. The van der Waals surface area contributed by atoms with Gasteiger partial charge < -0.3 is 14.3 Å². The number of ether oxygens (including phenoxy) is 1. The Hall–Kier alpha value is -2.41. The summed E-state index contributed by atoms with van der Waals surface area (Å²) in [5, 5.41) is -0.00429. The fourth-order valence-electron chi connectivity index (χ4n) is 2.94. The lowest BCUT2D eigenvalue weighted by atomic mass is 10.1. The maximum Gasteiger partial charge on any atom is 0.343 e. The van der Waals surface area contributed by atoms with E-state index in [1.807, 2.05) is 0 Å². The molecule has 8 heteroatoms. The van der Waals surface area contributed by atoms with Crippen LogP contribution in [0.1, 0.15) is 36.2 Å². The third-order valence-corrected chi connectivity index (χ3v) is 4.51. The van der Waals surface area contributed by atoms with E-state index in [-0.39, 0.29) is 45.2 Å². The number of hydrogen-bond acceptors (Lipinski definition) is 4. The summed E-state index contributed by atoms with van der Waals surface area (Å²) in [7, 11) is 0. The Bertz CT molecular complexity index is 1050. The van der Waals surface area contributed by atoms with E-state index in [2.05, 4.69) is 9.97 Å². The Morgan fingerprint density at radius 2 is 2.29 bits per heavy atom. The van der Waals surface area contributed by atoms with E-state index in [9.17, 15) is 14.0 Å². The zero-order chi connectivity index (χ0) is 17.0. The summed E-state index contributed by atoms with van der Waals surface area (Å²) in [6.45, 7) is 1.82. The van der Waals surface area contributed by atoms with Crippen LogP contribution in [0.3, 0.4) is 0 Å². The fourth-order valence-corrected chi connectivity index (χ4v) is 3.22. The van der Waals surface area contributed by atoms with Crippen LogP contribution in [0.15, 0.2) is 17.3 Å². The smallest absolute Gasteiger partial charge is 0.343 e. The maximum absolute atomic E-state index is 14.5. The summed E-state index contributed by atoms with van der Waals surface area (Å²) in [5.41, 5.74) is -0.136. The fraction of sp³-hybridized carbons (Fsp3) is 0.312. The second kappa shape index (κ2) is 5.31. The van der Waals surface area contributed by atoms with Gasteiger partial charge in [0.25, 0.3) is 0 Å². The third-order valence-electron chi connectivity index (χ3n) is 4.17. The van der Waals surface area contributed by atoms with Gasteiger partial charge in [0.2, 0.25) is 5.43 Å². The van der Waals surface area contributed by atoms with Crippen LogP contribution in [0, 0.1) is 5.82 Å². The summed E-state index contributed by atoms with van der Waals surface area (Å²) in [6, 6.07) is 0.0820. The van der Waals surface area contributed by atoms with Crippen LogP contribution in [0.25, 0.3) is 21.9 Å². The number of aromatic amines is 1. The summed E-state index contributed by atoms with van der Waals surface area (Å²) in [4.78, 5) is 31.7. The molecular formula is C16H13ClFN3O3. The highest BCUT2D eigenvalue weighted by molar-refractivity contribution is 6.37. The Kier molecular flexibility index (Phi) is 3.35. The number of nitrogens with zero attached hydrogens (tertiary/aromatic N) is 2. The van der Waals surface area contributed by atoms with Gasteiger partial charge >= 0.3 is 5.97 Å². The van der Waals surface area contributed by atoms with E-state index in [1.54, 1.807) is 11.5 Å². The lowest BCUT2D eigenvalue weighted by Gasteiger charge is -2.14. The summed E-state index contributed by atoms with van der Waals surface area (Å²) in [6.07, 6.45) is 4.47. The maximum atomic E-state index is 14.5. The van der Waals surface area contributed by atoms with Crippen molar-refractivity contribution in [2.24, 2.45) is 0 Å². The second-order valence-electron chi connectivity index (χ2n) is 5.71. The van der Waals surface area contributed by atoms with E-state index in [0.29, 0.717) is 0 Å². The van der Waals surface area contributed by atoms with Gasteiger partial charge in [-0.15, -0.1) is 0 Å². The molecule has 3 aromatic rings. The van der Waals surface area contributed by atoms with Crippen LogP contribution in [-0.2, 0) is 4.74 Å².